The van der Waals surface area contributed by atoms with Crippen LogP contribution in [0.5, 0.6) is 0 Å². The van der Waals surface area contributed by atoms with Crippen LogP contribution >= 0.6 is 22.9 Å². The third-order valence-corrected chi connectivity index (χ3v) is 7.80. The molecule has 1 saturated heterocycles. The van der Waals surface area contributed by atoms with Crippen molar-refractivity contribution in [2.45, 2.75) is 51.6 Å². The van der Waals surface area contributed by atoms with Gasteiger partial charge in [0.2, 0.25) is 5.95 Å². The molecule has 0 bridgehead atoms. The molecular formula is C21H28N6OS2. The summed E-state index contributed by atoms with van der Waals surface area (Å²) in [6.45, 7) is 8.04. The van der Waals surface area contributed by atoms with Crippen LogP contribution in [0, 0.1) is 13.8 Å². The fourth-order valence-electron chi connectivity index (χ4n) is 4.46. The molecular weight excluding hydrogens is 416 g/mol. The Morgan fingerprint density at radius 3 is 2.60 bits per heavy atom. The van der Waals surface area contributed by atoms with Crippen molar-refractivity contribution in [3.63, 3.8) is 0 Å². The highest BCUT2D eigenvalue weighted by molar-refractivity contribution is 7.19. The van der Waals surface area contributed by atoms with E-state index in [1.807, 2.05) is 13.0 Å². The first-order valence-electron chi connectivity index (χ1n) is 10.7. The molecule has 1 aliphatic heterocycles. The number of anilines is 3. The van der Waals surface area contributed by atoms with Gasteiger partial charge in [0.15, 0.2) is 0 Å². The van der Waals surface area contributed by atoms with E-state index in [9.17, 15) is 0 Å². The number of fused-ring (bicyclic) bond motifs is 1. The third-order valence-electron chi connectivity index (χ3n) is 5.96. The second-order valence-corrected chi connectivity index (χ2v) is 10.3. The zero-order valence-electron chi connectivity index (χ0n) is 17.5. The summed E-state index contributed by atoms with van der Waals surface area (Å²) in [6, 6.07) is 5.33. The molecule has 5 rings (SSSR count). The van der Waals surface area contributed by atoms with Gasteiger partial charge in [-0.15, -0.1) is 11.3 Å². The molecule has 30 heavy (non-hydrogen) atoms. The number of ether oxygens (including phenoxy) is 1. The van der Waals surface area contributed by atoms with E-state index in [0.29, 0.717) is 18.0 Å². The monoisotopic (exact) mass is 444 g/mol. The molecule has 0 radical (unpaired) electrons. The molecule has 2 fully saturated rings. The number of hydrogen-bond acceptors (Lipinski definition) is 9. The molecule has 2 N–H and O–H groups in total. The Hall–Kier alpha value is -1.81. The number of aryl methyl sites for hydroxylation is 2. The van der Waals surface area contributed by atoms with E-state index in [2.05, 4.69) is 32.9 Å². The molecule has 3 aromatic heterocycles. The van der Waals surface area contributed by atoms with E-state index in [4.69, 9.17) is 14.7 Å². The normalized spacial score (nSPS) is 23.0. The Kier molecular flexibility index (Phi) is 5.86. The molecule has 1 saturated carbocycles. The van der Waals surface area contributed by atoms with Crippen molar-refractivity contribution in [3.8, 4) is 0 Å². The molecule has 2 aliphatic rings. The minimum Gasteiger partial charge on any atom is -0.379 e. The molecule has 9 heteroatoms. The molecule has 0 atom stereocenters. The van der Waals surface area contributed by atoms with E-state index in [0.717, 1.165) is 53.0 Å². The summed E-state index contributed by atoms with van der Waals surface area (Å²) in [5.41, 5.74) is 2.01. The highest BCUT2D eigenvalue weighted by Gasteiger charge is 2.27. The quantitative estimate of drug-likeness (QED) is 0.597. The van der Waals surface area contributed by atoms with Crippen LogP contribution in [-0.2, 0) is 4.74 Å². The zero-order chi connectivity index (χ0) is 20.5. The van der Waals surface area contributed by atoms with E-state index in [1.165, 1.54) is 42.1 Å². The number of thiophene rings is 1. The van der Waals surface area contributed by atoms with Crippen molar-refractivity contribution < 1.29 is 4.74 Å². The van der Waals surface area contributed by atoms with Crippen LogP contribution in [0.3, 0.4) is 0 Å². The first-order valence-corrected chi connectivity index (χ1v) is 12.3. The number of morpholine rings is 1. The molecule has 0 unspecified atom stereocenters. The highest BCUT2D eigenvalue weighted by atomic mass is 32.1. The SMILES string of the molecule is Cc1cc(Nc2nc(NC3CCC(N4CCOCC4)CC3)c3sc(C)cc3n2)sn1. The second kappa shape index (κ2) is 8.74. The predicted octanol–water partition coefficient (Wildman–Crippen LogP) is 4.56. The summed E-state index contributed by atoms with van der Waals surface area (Å²) in [4.78, 5) is 13.5. The van der Waals surface area contributed by atoms with Crippen LogP contribution in [-0.4, -0.2) is 57.6 Å². The van der Waals surface area contributed by atoms with Crippen LogP contribution in [0.4, 0.5) is 16.8 Å². The minimum absolute atomic E-state index is 0.460. The average molecular weight is 445 g/mol. The summed E-state index contributed by atoms with van der Waals surface area (Å²) in [5, 5.41) is 8.06. The maximum atomic E-state index is 5.51. The van der Waals surface area contributed by atoms with E-state index in [1.54, 1.807) is 11.3 Å². The van der Waals surface area contributed by atoms with Crippen LogP contribution in [0.15, 0.2) is 12.1 Å². The lowest BCUT2D eigenvalue weighted by atomic mass is 9.90. The van der Waals surface area contributed by atoms with Gasteiger partial charge in [0.25, 0.3) is 0 Å². The van der Waals surface area contributed by atoms with Crippen LogP contribution in [0.2, 0.25) is 0 Å². The van der Waals surface area contributed by atoms with Gasteiger partial charge in [-0.05, 0) is 63.2 Å². The Morgan fingerprint density at radius 1 is 1.07 bits per heavy atom. The molecule has 0 spiro atoms. The van der Waals surface area contributed by atoms with Crippen LogP contribution in [0.1, 0.15) is 36.3 Å². The maximum Gasteiger partial charge on any atom is 0.230 e. The summed E-state index contributed by atoms with van der Waals surface area (Å²) >= 11 is 3.20. The van der Waals surface area contributed by atoms with Gasteiger partial charge >= 0.3 is 0 Å². The van der Waals surface area contributed by atoms with E-state index >= 15 is 0 Å². The minimum atomic E-state index is 0.460. The Labute approximate surface area is 185 Å². The van der Waals surface area contributed by atoms with E-state index in [-0.39, 0.29) is 0 Å². The highest BCUT2D eigenvalue weighted by Crippen LogP contribution is 2.34. The summed E-state index contributed by atoms with van der Waals surface area (Å²) in [6.07, 6.45) is 4.82. The van der Waals surface area contributed by atoms with Gasteiger partial charge in [0.1, 0.15) is 10.8 Å². The number of aromatic nitrogens is 3. The topological polar surface area (TPSA) is 75.2 Å². The van der Waals surface area contributed by atoms with Crippen molar-refractivity contribution in [2.24, 2.45) is 0 Å². The molecule has 4 heterocycles. The van der Waals surface area contributed by atoms with Crippen LogP contribution in [0.25, 0.3) is 10.2 Å². The first kappa shape index (κ1) is 20.1. The number of rotatable bonds is 5. The van der Waals surface area contributed by atoms with Crippen molar-refractivity contribution in [1.82, 2.24) is 19.2 Å². The van der Waals surface area contributed by atoms with Gasteiger partial charge in [-0.2, -0.15) is 9.36 Å². The van der Waals surface area contributed by atoms with Gasteiger partial charge in [-0.25, -0.2) is 4.98 Å². The smallest absolute Gasteiger partial charge is 0.230 e. The number of nitrogens with one attached hydrogen (secondary N) is 2. The largest absolute Gasteiger partial charge is 0.379 e. The van der Waals surface area contributed by atoms with E-state index < -0.39 is 0 Å². The second-order valence-electron chi connectivity index (χ2n) is 8.22. The lowest BCUT2D eigenvalue weighted by molar-refractivity contribution is 0.00791. The van der Waals surface area contributed by atoms with Gasteiger partial charge < -0.3 is 15.4 Å². The zero-order valence-corrected chi connectivity index (χ0v) is 19.1. The molecule has 1 aliphatic carbocycles. The van der Waals surface area contributed by atoms with Gasteiger partial charge in [0.05, 0.1) is 29.1 Å². The molecule has 160 valence electrons. The fraction of sp³-hybridized carbons (Fsp3) is 0.571. The third kappa shape index (κ3) is 4.44. The molecule has 0 aromatic carbocycles. The van der Waals surface area contributed by atoms with Crippen LogP contribution < -0.4 is 10.6 Å². The van der Waals surface area contributed by atoms with Crippen molar-refractivity contribution >= 4 is 49.9 Å². The van der Waals surface area contributed by atoms with Gasteiger partial charge in [-0.1, -0.05) is 0 Å². The lowest BCUT2D eigenvalue weighted by Gasteiger charge is -2.39. The van der Waals surface area contributed by atoms with Crippen molar-refractivity contribution in [2.75, 3.05) is 36.9 Å². The molecule has 7 nitrogen and oxygen atoms in total. The van der Waals surface area contributed by atoms with Gasteiger partial charge in [-0.3, -0.25) is 4.90 Å². The standard InChI is InChI=1S/C21H28N6OS2/c1-13-11-18(30-26-13)24-21-23-17-12-14(2)29-19(17)20(25-21)22-15-3-5-16(6-4-15)27-7-9-28-10-8-27/h11-12,15-16H,3-10H2,1-2H3,(H2,22,23,24,25). The molecule has 3 aromatic rings. The average Bonchev–Trinajstić information content (AvgIpc) is 3.34. The lowest BCUT2D eigenvalue weighted by Crippen LogP contribution is -2.46. The molecule has 0 amide bonds. The van der Waals surface area contributed by atoms with Crippen molar-refractivity contribution in [1.29, 1.82) is 0 Å². The Bertz CT molecular complexity index is 1000. The van der Waals surface area contributed by atoms with Crippen molar-refractivity contribution in [3.05, 3.63) is 22.7 Å². The summed E-state index contributed by atoms with van der Waals surface area (Å²) in [5.74, 6) is 1.59. The predicted molar refractivity (Wildman–Crippen MR) is 124 cm³/mol. The summed E-state index contributed by atoms with van der Waals surface area (Å²) < 4.78 is 11.0. The van der Waals surface area contributed by atoms with Gasteiger partial charge in [0, 0.05) is 30.1 Å². The first-order chi connectivity index (χ1) is 14.6. The summed E-state index contributed by atoms with van der Waals surface area (Å²) in [7, 11) is 0. The fourth-order valence-corrected chi connectivity index (χ4v) is 6.02. The maximum absolute atomic E-state index is 5.51. The number of nitrogens with zero attached hydrogens (tertiary/aromatic N) is 4. The number of hydrogen-bond donors (Lipinski definition) is 2. The Balaban J connectivity index is 1.31. The Morgan fingerprint density at radius 2 is 1.87 bits per heavy atom.